The minimum atomic E-state index is -0.130. The van der Waals surface area contributed by atoms with Gasteiger partial charge in [-0.2, -0.15) is 11.8 Å². The minimum absolute atomic E-state index is 0.0288. The van der Waals surface area contributed by atoms with Crippen LogP contribution in [0.2, 0.25) is 0 Å². The molecule has 0 saturated heterocycles. The fourth-order valence-corrected chi connectivity index (χ4v) is 2.60. The molecule has 0 spiro atoms. The molecule has 88 valence electrons. The van der Waals surface area contributed by atoms with E-state index in [1.807, 2.05) is 6.92 Å². The van der Waals surface area contributed by atoms with Crippen LogP contribution in [-0.2, 0) is 15.3 Å². The summed E-state index contributed by atoms with van der Waals surface area (Å²) in [5.41, 5.74) is 1.29. The zero-order chi connectivity index (χ0) is 12.0. The van der Waals surface area contributed by atoms with Crippen LogP contribution in [0.5, 0.6) is 0 Å². The first kappa shape index (κ1) is 13.8. The van der Waals surface area contributed by atoms with Gasteiger partial charge in [-0.25, -0.2) is 0 Å². The number of carbonyl (C=O) groups is 1. The third-order valence-electron chi connectivity index (χ3n) is 2.15. The van der Waals surface area contributed by atoms with Crippen LogP contribution < -0.4 is 0 Å². The standard InChI is InChI=1S/C12H15IO2S/c1-9(12(14)15-2)7-16-8-10-3-5-11(13)6-4-10/h3-6,9H,7-8H2,1-2H3. The molecule has 16 heavy (non-hydrogen) atoms. The smallest absolute Gasteiger partial charge is 0.309 e. The highest BCUT2D eigenvalue weighted by Crippen LogP contribution is 2.17. The van der Waals surface area contributed by atoms with Crippen LogP contribution >= 0.6 is 34.4 Å². The molecule has 0 radical (unpaired) electrons. The largest absolute Gasteiger partial charge is 0.469 e. The Balaban J connectivity index is 2.30. The monoisotopic (exact) mass is 350 g/mol. The molecule has 0 fully saturated rings. The lowest BCUT2D eigenvalue weighted by Gasteiger charge is -2.08. The van der Waals surface area contributed by atoms with Gasteiger partial charge in [0.15, 0.2) is 0 Å². The van der Waals surface area contributed by atoms with E-state index in [1.54, 1.807) is 11.8 Å². The summed E-state index contributed by atoms with van der Waals surface area (Å²) in [4.78, 5) is 11.2. The Labute approximate surface area is 114 Å². The molecule has 0 saturated carbocycles. The summed E-state index contributed by atoms with van der Waals surface area (Å²) >= 11 is 4.05. The van der Waals surface area contributed by atoms with Crippen LogP contribution in [0.25, 0.3) is 0 Å². The van der Waals surface area contributed by atoms with Crippen LogP contribution in [0.15, 0.2) is 24.3 Å². The van der Waals surface area contributed by atoms with Crippen LogP contribution in [0.3, 0.4) is 0 Å². The van der Waals surface area contributed by atoms with E-state index in [9.17, 15) is 4.79 Å². The number of ether oxygens (including phenoxy) is 1. The highest BCUT2D eigenvalue weighted by molar-refractivity contribution is 14.1. The van der Waals surface area contributed by atoms with Crippen LogP contribution in [0.4, 0.5) is 0 Å². The van der Waals surface area contributed by atoms with Gasteiger partial charge in [0.25, 0.3) is 0 Å². The van der Waals surface area contributed by atoms with Crippen molar-refractivity contribution in [3.05, 3.63) is 33.4 Å². The zero-order valence-electron chi connectivity index (χ0n) is 9.40. The van der Waals surface area contributed by atoms with Crippen molar-refractivity contribution in [2.75, 3.05) is 12.9 Å². The van der Waals surface area contributed by atoms with Gasteiger partial charge in [0.2, 0.25) is 0 Å². The molecule has 1 aromatic carbocycles. The normalized spacial score (nSPS) is 12.2. The maximum Gasteiger partial charge on any atom is 0.309 e. The molecule has 1 atom stereocenters. The molecule has 0 N–H and O–H groups in total. The summed E-state index contributed by atoms with van der Waals surface area (Å²) in [6.07, 6.45) is 0. The van der Waals surface area contributed by atoms with Crippen LogP contribution in [0.1, 0.15) is 12.5 Å². The zero-order valence-corrected chi connectivity index (χ0v) is 12.4. The summed E-state index contributed by atoms with van der Waals surface area (Å²) in [5.74, 6) is 1.59. The number of rotatable bonds is 5. The summed E-state index contributed by atoms with van der Waals surface area (Å²) in [6, 6.07) is 8.44. The van der Waals surface area contributed by atoms with Crippen molar-refractivity contribution < 1.29 is 9.53 Å². The van der Waals surface area contributed by atoms with Gasteiger partial charge in [0, 0.05) is 15.1 Å². The molecule has 0 aliphatic carbocycles. The van der Waals surface area contributed by atoms with Crippen molar-refractivity contribution >= 4 is 40.3 Å². The fraction of sp³-hybridized carbons (Fsp3) is 0.417. The summed E-state index contributed by atoms with van der Waals surface area (Å²) < 4.78 is 5.92. The maximum absolute atomic E-state index is 11.2. The van der Waals surface area contributed by atoms with Crippen molar-refractivity contribution in [3.63, 3.8) is 0 Å². The summed E-state index contributed by atoms with van der Waals surface area (Å²) in [5, 5.41) is 0. The highest BCUT2D eigenvalue weighted by Gasteiger charge is 2.12. The van der Waals surface area contributed by atoms with Gasteiger partial charge >= 0.3 is 5.97 Å². The number of carbonyl (C=O) groups excluding carboxylic acids is 1. The van der Waals surface area contributed by atoms with Gasteiger partial charge in [-0.05, 0) is 40.3 Å². The number of esters is 1. The first-order valence-electron chi connectivity index (χ1n) is 5.03. The predicted octanol–water partition coefficient (Wildman–Crippen LogP) is 3.33. The fourth-order valence-electron chi connectivity index (χ4n) is 1.20. The van der Waals surface area contributed by atoms with E-state index in [2.05, 4.69) is 51.6 Å². The number of hydrogen-bond acceptors (Lipinski definition) is 3. The summed E-state index contributed by atoms with van der Waals surface area (Å²) in [7, 11) is 1.43. The van der Waals surface area contributed by atoms with Gasteiger partial charge in [-0.3, -0.25) is 4.79 Å². The number of thioether (sulfide) groups is 1. The predicted molar refractivity (Wildman–Crippen MR) is 76.5 cm³/mol. The van der Waals surface area contributed by atoms with Gasteiger partial charge in [-0.15, -0.1) is 0 Å². The van der Waals surface area contributed by atoms with E-state index < -0.39 is 0 Å². The molecular weight excluding hydrogens is 335 g/mol. The van der Waals surface area contributed by atoms with E-state index in [4.69, 9.17) is 0 Å². The quantitative estimate of drug-likeness (QED) is 0.602. The van der Waals surface area contributed by atoms with E-state index in [1.165, 1.54) is 16.2 Å². The molecule has 1 unspecified atom stereocenters. The molecule has 0 aliphatic heterocycles. The van der Waals surface area contributed by atoms with Crippen molar-refractivity contribution in [1.82, 2.24) is 0 Å². The average molecular weight is 350 g/mol. The lowest BCUT2D eigenvalue weighted by molar-refractivity contribution is -0.143. The van der Waals surface area contributed by atoms with Gasteiger partial charge in [0.1, 0.15) is 0 Å². The van der Waals surface area contributed by atoms with E-state index >= 15 is 0 Å². The third kappa shape index (κ3) is 4.74. The molecule has 1 aromatic rings. The molecule has 0 heterocycles. The molecule has 0 aliphatic rings. The topological polar surface area (TPSA) is 26.3 Å². The number of hydrogen-bond donors (Lipinski definition) is 0. The second-order valence-electron chi connectivity index (χ2n) is 3.57. The van der Waals surface area contributed by atoms with Crippen molar-refractivity contribution in [1.29, 1.82) is 0 Å². The Kier molecular flexibility index (Phi) is 6.20. The average Bonchev–Trinajstić information content (AvgIpc) is 2.30. The van der Waals surface area contributed by atoms with E-state index in [-0.39, 0.29) is 11.9 Å². The lowest BCUT2D eigenvalue weighted by Crippen LogP contribution is -2.14. The first-order chi connectivity index (χ1) is 7.63. The maximum atomic E-state index is 11.2. The van der Waals surface area contributed by atoms with E-state index in [0.29, 0.717) is 0 Å². The van der Waals surface area contributed by atoms with Crippen LogP contribution in [0, 0.1) is 9.49 Å². The Morgan fingerprint density at radius 1 is 1.44 bits per heavy atom. The summed E-state index contributed by atoms with van der Waals surface area (Å²) in [6.45, 7) is 1.90. The molecule has 0 aromatic heterocycles. The lowest BCUT2D eigenvalue weighted by atomic mass is 10.2. The Morgan fingerprint density at radius 3 is 2.62 bits per heavy atom. The molecule has 4 heteroatoms. The van der Waals surface area contributed by atoms with Crippen molar-refractivity contribution in [2.45, 2.75) is 12.7 Å². The second kappa shape index (κ2) is 7.17. The molecule has 0 amide bonds. The molecule has 0 bridgehead atoms. The third-order valence-corrected chi connectivity index (χ3v) is 4.15. The molecule has 2 nitrogen and oxygen atoms in total. The van der Waals surface area contributed by atoms with E-state index in [0.717, 1.165) is 11.5 Å². The Hall–Kier alpha value is -0.230. The first-order valence-corrected chi connectivity index (χ1v) is 7.27. The SMILES string of the molecule is COC(=O)C(C)CSCc1ccc(I)cc1. The highest BCUT2D eigenvalue weighted by atomic mass is 127. The Bertz CT molecular complexity index is 337. The minimum Gasteiger partial charge on any atom is -0.469 e. The van der Waals surface area contributed by atoms with Gasteiger partial charge in [-0.1, -0.05) is 19.1 Å². The number of methoxy groups -OCH3 is 1. The van der Waals surface area contributed by atoms with Crippen molar-refractivity contribution in [3.8, 4) is 0 Å². The molecule has 1 rings (SSSR count). The van der Waals surface area contributed by atoms with Crippen molar-refractivity contribution in [2.24, 2.45) is 5.92 Å². The Morgan fingerprint density at radius 2 is 2.06 bits per heavy atom. The van der Waals surface area contributed by atoms with Crippen LogP contribution in [-0.4, -0.2) is 18.8 Å². The van der Waals surface area contributed by atoms with Gasteiger partial charge < -0.3 is 4.74 Å². The second-order valence-corrected chi connectivity index (χ2v) is 5.84. The molecular formula is C12H15IO2S. The number of benzene rings is 1. The van der Waals surface area contributed by atoms with Gasteiger partial charge in [0.05, 0.1) is 13.0 Å². The number of halogens is 1.